The van der Waals surface area contributed by atoms with Gasteiger partial charge in [0.05, 0.1) is 21.6 Å². The Bertz CT molecular complexity index is 1280. The lowest BCUT2D eigenvalue weighted by atomic mass is 10.1. The fourth-order valence-corrected chi connectivity index (χ4v) is 3.50. The Balaban J connectivity index is 1.76. The highest BCUT2D eigenvalue weighted by Gasteiger charge is 2.13. The van der Waals surface area contributed by atoms with Crippen molar-refractivity contribution in [1.29, 1.82) is 5.26 Å². The normalized spacial score (nSPS) is 10.7. The molecule has 0 spiro atoms. The Kier molecular flexibility index (Phi) is 4.56. The van der Waals surface area contributed by atoms with Crippen LogP contribution in [-0.2, 0) is 11.3 Å². The molecule has 0 radical (unpaired) electrons. The van der Waals surface area contributed by atoms with Gasteiger partial charge in [-0.25, -0.2) is 0 Å². The van der Waals surface area contributed by atoms with Gasteiger partial charge in [0.2, 0.25) is 5.91 Å². The number of anilines is 1. The quantitative estimate of drug-likeness (QED) is 0.532. The topological polar surface area (TPSA) is 74.9 Å². The van der Waals surface area contributed by atoms with Crippen molar-refractivity contribution >= 4 is 45.0 Å². The molecule has 0 aliphatic carbocycles. The maximum Gasteiger partial charge on any atom is 0.244 e. The second-order valence-corrected chi connectivity index (χ2v) is 6.71. The molecule has 0 aliphatic rings. The molecule has 0 bridgehead atoms. The van der Waals surface area contributed by atoms with Gasteiger partial charge in [0.25, 0.3) is 0 Å². The zero-order valence-electron chi connectivity index (χ0n) is 14.6. The highest BCUT2D eigenvalue weighted by atomic mass is 35.5. The van der Waals surface area contributed by atoms with Crippen LogP contribution in [0, 0.1) is 11.3 Å². The summed E-state index contributed by atoms with van der Waals surface area (Å²) in [5.41, 5.74) is 2.18. The predicted molar refractivity (Wildman–Crippen MR) is 111 cm³/mol. The number of carbonyl (C=O) groups excluding carboxylic acids is 1. The molecule has 1 amide bonds. The van der Waals surface area contributed by atoms with Crippen molar-refractivity contribution in [1.82, 2.24) is 4.57 Å². The Hall–Kier alpha value is -3.62. The highest BCUT2D eigenvalue weighted by molar-refractivity contribution is 6.32. The van der Waals surface area contributed by atoms with Gasteiger partial charge in [-0.15, -0.1) is 0 Å². The minimum absolute atomic E-state index is 0.0267. The number of amides is 1. The van der Waals surface area contributed by atoms with Gasteiger partial charge >= 0.3 is 0 Å². The largest absolute Gasteiger partial charge is 0.331 e. The molecule has 1 N–H and O–H groups in total. The summed E-state index contributed by atoms with van der Waals surface area (Å²) >= 11 is 6.03. The number of para-hydroxylation sites is 2. The van der Waals surface area contributed by atoms with Gasteiger partial charge in [0.15, 0.2) is 5.43 Å². The summed E-state index contributed by atoms with van der Waals surface area (Å²) in [6.07, 6.45) is 0. The Morgan fingerprint density at radius 1 is 1.00 bits per heavy atom. The van der Waals surface area contributed by atoms with Gasteiger partial charge in [-0.2, -0.15) is 5.26 Å². The van der Waals surface area contributed by atoms with Crippen LogP contribution in [0.2, 0.25) is 5.02 Å². The minimum atomic E-state index is -0.264. The molecule has 28 heavy (non-hydrogen) atoms. The molecular formula is C22H14ClN3O2. The molecule has 0 unspecified atom stereocenters. The zero-order valence-corrected chi connectivity index (χ0v) is 15.4. The number of aromatic nitrogens is 1. The first-order valence-corrected chi connectivity index (χ1v) is 8.96. The molecule has 0 fully saturated rings. The third-order valence-electron chi connectivity index (χ3n) is 4.55. The van der Waals surface area contributed by atoms with Gasteiger partial charge in [0.1, 0.15) is 12.6 Å². The molecule has 0 atom stereocenters. The summed E-state index contributed by atoms with van der Waals surface area (Å²) in [4.78, 5) is 25.5. The molecular weight excluding hydrogens is 374 g/mol. The number of rotatable bonds is 3. The number of nitriles is 1. The van der Waals surface area contributed by atoms with Crippen molar-refractivity contribution < 1.29 is 4.79 Å². The summed E-state index contributed by atoms with van der Waals surface area (Å²) in [7, 11) is 0. The lowest BCUT2D eigenvalue weighted by molar-refractivity contribution is -0.116. The second kappa shape index (κ2) is 7.18. The van der Waals surface area contributed by atoms with E-state index in [9.17, 15) is 9.59 Å². The molecule has 0 saturated heterocycles. The molecule has 4 rings (SSSR count). The van der Waals surface area contributed by atoms with E-state index in [1.54, 1.807) is 30.3 Å². The average Bonchev–Trinajstić information content (AvgIpc) is 2.71. The van der Waals surface area contributed by atoms with Crippen LogP contribution in [0.3, 0.4) is 0 Å². The Morgan fingerprint density at radius 3 is 2.18 bits per heavy atom. The number of benzene rings is 3. The van der Waals surface area contributed by atoms with Gasteiger partial charge < -0.3 is 9.88 Å². The van der Waals surface area contributed by atoms with Crippen LogP contribution < -0.4 is 10.7 Å². The number of pyridine rings is 1. The Labute approximate surface area is 165 Å². The first kappa shape index (κ1) is 17.8. The van der Waals surface area contributed by atoms with E-state index in [0.29, 0.717) is 33.1 Å². The fraction of sp³-hybridized carbons (Fsp3) is 0.0455. The fourth-order valence-electron chi connectivity index (χ4n) is 3.27. The van der Waals surface area contributed by atoms with E-state index < -0.39 is 0 Å². The molecule has 136 valence electrons. The van der Waals surface area contributed by atoms with Crippen molar-refractivity contribution in [3.8, 4) is 6.07 Å². The summed E-state index contributed by atoms with van der Waals surface area (Å²) in [5.74, 6) is -0.264. The van der Waals surface area contributed by atoms with Crippen LogP contribution >= 0.6 is 11.6 Å². The molecule has 3 aromatic carbocycles. The van der Waals surface area contributed by atoms with E-state index in [2.05, 4.69) is 5.32 Å². The number of nitrogens with one attached hydrogen (secondary N) is 1. The summed E-state index contributed by atoms with van der Waals surface area (Å²) < 4.78 is 1.83. The van der Waals surface area contributed by atoms with Gasteiger partial charge in [-0.1, -0.05) is 35.9 Å². The van der Waals surface area contributed by atoms with Crippen LogP contribution in [0.15, 0.2) is 71.5 Å². The van der Waals surface area contributed by atoms with E-state index in [1.807, 2.05) is 47.0 Å². The number of nitrogens with zero attached hydrogens (tertiary/aromatic N) is 2. The highest BCUT2D eigenvalue weighted by Crippen LogP contribution is 2.22. The number of carbonyl (C=O) groups is 1. The first-order chi connectivity index (χ1) is 13.6. The molecule has 6 heteroatoms. The number of fused-ring (bicyclic) bond motifs is 2. The standard InChI is InChI=1S/C22H14ClN3O2/c23-18-11-15(10-9-14(18)12-24)25-21(27)13-26-19-7-3-1-5-16(19)22(28)17-6-2-4-8-20(17)26/h1-11H,13H2,(H,25,27). The summed E-state index contributed by atoms with van der Waals surface area (Å²) in [6, 6.07) is 21.2. The van der Waals surface area contributed by atoms with E-state index in [-0.39, 0.29) is 22.9 Å². The zero-order chi connectivity index (χ0) is 19.7. The van der Waals surface area contributed by atoms with E-state index in [4.69, 9.17) is 16.9 Å². The van der Waals surface area contributed by atoms with E-state index in [1.165, 1.54) is 0 Å². The van der Waals surface area contributed by atoms with Crippen LogP contribution in [0.1, 0.15) is 5.56 Å². The van der Waals surface area contributed by atoms with Crippen LogP contribution in [-0.4, -0.2) is 10.5 Å². The van der Waals surface area contributed by atoms with Gasteiger partial charge in [0, 0.05) is 16.5 Å². The molecule has 5 nitrogen and oxygen atoms in total. The number of halogens is 1. The SMILES string of the molecule is N#Cc1ccc(NC(=O)Cn2c3ccccc3c(=O)c3ccccc32)cc1Cl. The minimum Gasteiger partial charge on any atom is -0.331 e. The third kappa shape index (κ3) is 3.11. The van der Waals surface area contributed by atoms with Crippen molar-refractivity contribution in [3.05, 3.63) is 87.5 Å². The molecule has 1 heterocycles. The lowest BCUT2D eigenvalue weighted by Gasteiger charge is -2.15. The number of hydrogen-bond donors (Lipinski definition) is 1. The average molecular weight is 388 g/mol. The maximum absolute atomic E-state index is 12.8. The predicted octanol–water partition coefficient (Wildman–Crippen LogP) is 4.32. The van der Waals surface area contributed by atoms with Crippen LogP contribution in [0.5, 0.6) is 0 Å². The van der Waals surface area contributed by atoms with Crippen molar-refractivity contribution in [2.75, 3.05) is 5.32 Å². The third-order valence-corrected chi connectivity index (χ3v) is 4.87. The molecule has 4 aromatic rings. The first-order valence-electron chi connectivity index (χ1n) is 8.58. The monoisotopic (exact) mass is 387 g/mol. The van der Waals surface area contributed by atoms with E-state index in [0.717, 1.165) is 0 Å². The molecule has 0 saturated carbocycles. The van der Waals surface area contributed by atoms with Crippen LogP contribution in [0.25, 0.3) is 21.8 Å². The number of hydrogen-bond acceptors (Lipinski definition) is 3. The van der Waals surface area contributed by atoms with Crippen molar-refractivity contribution in [2.45, 2.75) is 6.54 Å². The van der Waals surface area contributed by atoms with Crippen LogP contribution in [0.4, 0.5) is 5.69 Å². The molecule has 1 aromatic heterocycles. The summed E-state index contributed by atoms with van der Waals surface area (Å²) in [5, 5.41) is 13.2. The maximum atomic E-state index is 12.8. The summed E-state index contributed by atoms with van der Waals surface area (Å²) in [6.45, 7) is 0.0267. The molecule has 0 aliphatic heterocycles. The second-order valence-electron chi connectivity index (χ2n) is 6.30. The van der Waals surface area contributed by atoms with E-state index >= 15 is 0 Å². The Morgan fingerprint density at radius 2 is 1.61 bits per heavy atom. The van der Waals surface area contributed by atoms with Gasteiger partial charge in [-0.3, -0.25) is 9.59 Å². The lowest BCUT2D eigenvalue weighted by Crippen LogP contribution is -2.21. The van der Waals surface area contributed by atoms with Gasteiger partial charge in [-0.05, 0) is 42.5 Å². The van der Waals surface area contributed by atoms with Crippen molar-refractivity contribution in [2.24, 2.45) is 0 Å². The smallest absolute Gasteiger partial charge is 0.244 e. The van der Waals surface area contributed by atoms with Crippen molar-refractivity contribution in [3.63, 3.8) is 0 Å².